The van der Waals surface area contributed by atoms with Crippen LogP contribution < -0.4 is 11.1 Å². The second-order valence-corrected chi connectivity index (χ2v) is 4.10. The Morgan fingerprint density at radius 3 is 2.59 bits per heavy atom. The van der Waals surface area contributed by atoms with Crippen LogP contribution in [0, 0.1) is 0 Å². The molecule has 0 spiro atoms. The lowest BCUT2D eigenvalue weighted by Gasteiger charge is -1.99. The third-order valence-corrected chi connectivity index (χ3v) is 2.43. The SMILES string of the molecule is CC(=O)NCCC=Cc1ccc(C(N)=S)cc1. The van der Waals surface area contributed by atoms with E-state index in [4.69, 9.17) is 18.0 Å². The number of carbonyl (C=O) groups excluding carboxylic acids is 1. The second-order valence-electron chi connectivity index (χ2n) is 3.66. The maximum atomic E-state index is 10.6. The Hall–Kier alpha value is -1.68. The topological polar surface area (TPSA) is 55.1 Å². The molecule has 1 rings (SSSR count). The lowest BCUT2D eigenvalue weighted by atomic mass is 10.1. The number of amides is 1. The van der Waals surface area contributed by atoms with Gasteiger partial charge in [0.2, 0.25) is 5.91 Å². The van der Waals surface area contributed by atoms with Crippen LogP contribution in [-0.2, 0) is 4.79 Å². The number of nitrogens with one attached hydrogen (secondary N) is 1. The van der Waals surface area contributed by atoms with E-state index in [9.17, 15) is 4.79 Å². The molecule has 3 N–H and O–H groups in total. The van der Waals surface area contributed by atoms with E-state index >= 15 is 0 Å². The molecule has 0 aliphatic carbocycles. The molecule has 3 nitrogen and oxygen atoms in total. The predicted molar refractivity (Wildman–Crippen MR) is 74.7 cm³/mol. The van der Waals surface area contributed by atoms with E-state index < -0.39 is 0 Å². The molecule has 0 atom stereocenters. The summed E-state index contributed by atoms with van der Waals surface area (Å²) in [5.41, 5.74) is 7.47. The molecule has 0 unspecified atom stereocenters. The van der Waals surface area contributed by atoms with Gasteiger partial charge in [0.1, 0.15) is 4.99 Å². The third kappa shape index (κ3) is 5.26. The van der Waals surface area contributed by atoms with E-state index in [-0.39, 0.29) is 5.91 Å². The van der Waals surface area contributed by atoms with E-state index in [1.165, 1.54) is 6.92 Å². The lowest BCUT2D eigenvalue weighted by Crippen LogP contribution is -2.20. The number of hydrogen-bond donors (Lipinski definition) is 2. The van der Waals surface area contributed by atoms with Gasteiger partial charge in [-0.2, -0.15) is 0 Å². The quantitative estimate of drug-likeness (QED) is 0.618. The van der Waals surface area contributed by atoms with Crippen LogP contribution in [-0.4, -0.2) is 17.4 Å². The van der Waals surface area contributed by atoms with Crippen molar-refractivity contribution in [2.45, 2.75) is 13.3 Å². The highest BCUT2D eigenvalue weighted by atomic mass is 32.1. The van der Waals surface area contributed by atoms with Gasteiger partial charge in [0, 0.05) is 19.0 Å². The highest BCUT2D eigenvalue weighted by Gasteiger charge is 1.94. The van der Waals surface area contributed by atoms with Crippen LogP contribution in [0.4, 0.5) is 0 Å². The molecule has 0 saturated heterocycles. The van der Waals surface area contributed by atoms with Crippen LogP contribution in [0.1, 0.15) is 24.5 Å². The largest absolute Gasteiger partial charge is 0.389 e. The number of nitrogens with two attached hydrogens (primary N) is 1. The summed E-state index contributed by atoms with van der Waals surface area (Å²) in [5, 5.41) is 2.73. The molecule has 1 aromatic carbocycles. The van der Waals surface area contributed by atoms with Crippen LogP contribution >= 0.6 is 12.2 Å². The van der Waals surface area contributed by atoms with Crippen LogP contribution in [0.15, 0.2) is 30.3 Å². The van der Waals surface area contributed by atoms with Gasteiger partial charge in [0.25, 0.3) is 0 Å². The van der Waals surface area contributed by atoms with Gasteiger partial charge in [-0.15, -0.1) is 0 Å². The Balaban J connectivity index is 2.43. The van der Waals surface area contributed by atoms with E-state index in [1.54, 1.807) is 0 Å². The van der Waals surface area contributed by atoms with Crippen molar-refractivity contribution in [3.8, 4) is 0 Å². The van der Waals surface area contributed by atoms with Gasteiger partial charge in [-0.1, -0.05) is 48.6 Å². The molecule has 1 amide bonds. The minimum Gasteiger partial charge on any atom is -0.389 e. The summed E-state index contributed by atoms with van der Waals surface area (Å²) < 4.78 is 0. The number of thiocarbonyl (C=S) groups is 1. The monoisotopic (exact) mass is 248 g/mol. The molecular weight excluding hydrogens is 232 g/mol. The average Bonchev–Trinajstić information content (AvgIpc) is 2.29. The predicted octanol–water partition coefficient (Wildman–Crippen LogP) is 1.86. The van der Waals surface area contributed by atoms with Gasteiger partial charge in [-0.05, 0) is 12.0 Å². The third-order valence-electron chi connectivity index (χ3n) is 2.19. The van der Waals surface area contributed by atoms with Crippen LogP contribution in [0.3, 0.4) is 0 Å². The first-order valence-electron chi connectivity index (χ1n) is 5.40. The van der Waals surface area contributed by atoms with Gasteiger partial charge in [-0.3, -0.25) is 4.79 Å². The Bertz CT molecular complexity index is 424. The fraction of sp³-hybridized carbons (Fsp3) is 0.231. The molecule has 0 aliphatic heterocycles. The molecule has 0 radical (unpaired) electrons. The number of benzene rings is 1. The maximum absolute atomic E-state index is 10.6. The molecule has 0 heterocycles. The molecule has 0 saturated carbocycles. The summed E-state index contributed by atoms with van der Waals surface area (Å²) in [7, 11) is 0. The summed E-state index contributed by atoms with van der Waals surface area (Å²) in [6.45, 7) is 2.18. The van der Waals surface area contributed by atoms with Gasteiger partial charge < -0.3 is 11.1 Å². The maximum Gasteiger partial charge on any atom is 0.216 e. The standard InChI is InChI=1S/C13H16N2OS/c1-10(16)15-9-3-2-4-11-5-7-12(8-6-11)13(14)17/h2,4-8H,3,9H2,1H3,(H2,14,17)(H,15,16). The minimum absolute atomic E-state index is 0.000730. The number of hydrogen-bond acceptors (Lipinski definition) is 2. The molecule has 0 aromatic heterocycles. The van der Waals surface area contributed by atoms with E-state index in [0.29, 0.717) is 11.5 Å². The zero-order valence-corrected chi connectivity index (χ0v) is 10.6. The fourth-order valence-electron chi connectivity index (χ4n) is 1.31. The summed E-state index contributed by atoms with van der Waals surface area (Å²) in [4.78, 5) is 11.0. The molecule has 4 heteroatoms. The smallest absolute Gasteiger partial charge is 0.216 e. The normalized spacial score (nSPS) is 10.4. The Morgan fingerprint density at radius 1 is 1.41 bits per heavy atom. The fourth-order valence-corrected chi connectivity index (χ4v) is 1.45. The molecule has 90 valence electrons. The van der Waals surface area contributed by atoms with Crippen LogP contribution in [0.5, 0.6) is 0 Å². The van der Waals surface area contributed by atoms with Crippen molar-refractivity contribution in [2.75, 3.05) is 6.54 Å². The van der Waals surface area contributed by atoms with Gasteiger partial charge in [0.15, 0.2) is 0 Å². The first kappa shape index (κ1) is 13.4. The van der Waals surface area contributed by atoms with Gasteiger partial charge >= 0.3 is 0 Å². The van der Waals surface area contributed by atoms with Crippen molar-refractivity contribution in [3.05, 3.63) is 41.5 Å². The van der Waals surface area contributed by atoms with Gasteiger partial charge in [0.05, 0.1) is 0 Å². The molecule has 0 aliphatic rings. The Morgan fingerprint density at radius 2 is 2.06 bits per heavy atom. The first-order valence-corrected chi connectivity index (χ1v) is 5.81. The van der Waals surface area contributed by atoms with E-state index in [1.807, 2.05) is 36.4 Å². The van der Waals surface area contributed by atoms with Crippen molar-refractivity contribution in [1.29, 1.82) is 0 Å². The van der Waals surface area contributed by atoms with E-state index in [0.717, 1.165) is 17.5 Å². The molecule has 0 bridgehead atoms. The highest BCUT2D eigenvalue weighted by molar-refractivity contribution is 7.80. The highest BCUT2D eigenvalue weighted by Crippen LogP contribution is 2.06. The van der Waals surface area contributed by atoms with Crippen molar-refractivity contribution in [1.82, 2.24) is 5.32 Å². The van der Waals surface area contributed by atoms with Crippen molar-refractivity contribution < 1.29 is 4.79 Å². The molecule has 17 heavy (non-hydrogen) atoms. The Labute approximate surface area is 107 Å². The zero-order chi connectivity index (χ0) is 12.7. The lowest BCUT2D eigenvalue weighted by molar-refractivity contribution is -0.118. The summed E-state index contributed by atoms with van der Waals surface area (Å²) in [6.07, 6.45) is 4.84. The molecular formula is C13H16N2OS. The second kappa shape index (κ2) is 6.81. The number of rotatable bonds is 5. The number of carbonyl (C=O) groups is 1. The zero-order valence-electron chi connectivity index (χ0n) is 9.77. The minimum atomic E-state index is -0.000730. The molecule has 0 fully saturated rings. The van der Waals surface area contributed by atoms with Crippen molar-refractivity contribution >= 4 is 29.2 Å². The van der Waals surface area contributed by atoms with Gasteiger partial charge in [-0.25, -0.2) is 0 Å². The van der Waals surface area contributed by atoms with Crippen molar-refractivity contribution in [3.63, 3.8) is 0 Å². The summed E-state index contributed by atoms with van der Waals surface area (Å²) in [5.74, 6) is -0.000730. The van der Waals surface area contributed by atoms with Crippen molar-refractivity contribution in [2.24, 2.45) is 5.73 Å². The molecule has 1 aromatic rings. The van der Waals surface area contributed by atoms with Crippen LogP contribution in [0.2, 0.25) is 0 Å². The summed E-state index contributed by atoms with van der Waals surface area (Å²) >= 11 is 4.87. The first-order chi connectivity index (χ1) is 8.09. The Kier molecular flexibility index (Phi) is 5.36. The summed E-state index contributed by atoms with van der Waals surface area (Å²) in [6, 6.07) is 7.72. The van der Waals surface area contributed by atoms with Crippen LogP contribution in [0.25, 0.3) is 6.08 Å². The van der Waals surface area contributed by atoms with E-state index in [2.05, 4.69) is 5.32 Å². The average molecular weight is 248 g/mol.